The van der Waals surface area contributed by atoms with Crippen LogP contribution < -0.4 is 10.4 Å². The predicted octanol–water partition coefficient (Wildman–Crippen LogP) is 6.29. The highest BCUT2D eigenvalue weighted by Gasteiger charge is 2.44. The van der Waals surface area contributed by atoms with Crippen LogP contribution in [-0.4, -0.2) is 19.2 Å². The fourth-order valence-corrected chi connectivity index (χ4v) is 5.16. The van der Waals surface area contributed by atoms with Crippen LogP contribution in [-0.2, 0) is 9.53 Å². The van der Waals surface area contributed by atoms with Crippen molar-refractivity contribution in [3.05, 3.63) is 51.9 Å². The number of hydrogen-bond donors (Lipinski definition) is 0. The summed E-state index contributed by atoms with van der Waals surface area (Å²) in [5, 5.41) is 0.872. The molecule has 0 spiro atoms. The monoisotopic (exact) mass is 440 g/mol. The molecule has 174 valence electrons. The lowest BCUT2D eigenvalue weighted by molar-refractivity contribution is -0.143. The van der Waals surface area contributed by atoms with Crippen LogP contribution in [0.15, 0.2) is 50.7 Å². The van der Waals surface area contributed by atoms with E-state index in [-0.39, 0.29) is 17.0 Å². The first-order valence-corrected chi connectivity index (χ1v) is 11.7. The van der Waals surface area contributed by atoms with E-state index in [0.29, 0.717) is 42.8 Å². The lowest BCUT2D eigenvalue weighted by atomic mass is 9.57. The van der Waals surface area contributed by atoms with Crippen LogP contribution >= 0.6 is 0 Å². The molecule has 1 aromatic carbocycles. The van der Waals surface area contributed by atoms with Crippen LogP contribution in [0.5, 0.6) is 5.75 Å². The molecule has 0 aliphatic heterocycles. The number of allylic oxidation sites excluding steroid dienone is 2. The Morgan fingerprint density at radius 3 is 2.69 bits per heavy atom. The first-order chi connectivity index (χ1) is 15.2. The van der Waals surface area contributed by atoms with E-state index in [1.54, 1.807) is 12.1 Å². The third-order valence-corrected chi connectivity index (χ3v) is 7.28. The molecule has 1 aliphatic carbocycles. The molecule has 0 saturated heterocycles. The average Bonchev–Trinajstić information content (AvgIpc) is 2.74. The molecule has 0 N–H and O–H groups in total. The van der Waals surface area contributed by atoms with E-state index in [2.05, 4.69) is 27.7 Å². The van der Waals surface area contributed by atoms with Crippen LogP contribution in [0, 0.1) is 17.3 Å². The highest BCUT2D eigenvalue weighted by Crippen LogP contribution is 2.52. The summed E-state index contributed by atoms with van der Waals surface area (Å²) in [6.45, 7) is 11.9. The Hall–Kier alpha value is -2.56. The number of benzene rings is 1. The predicted molar refractivity (Wildman–Crippen MR) is 127 cm³/mol. The van der Waals surface area contributed by atoms with Crippen molar-refractivity contribution in [2.75, 3.05) is 13.2 Å². The second kappa shape index (κ2) is 10.4. The van der Waals surface area contributed by atoms with Crippen molar-refractivity contribution in [3.8, 4) is 5.75 Å². The first-order valence-electron chi connectivity index (χ1n) is 11.7. The summed E-state index contributed by atoms with van der Waals surface area (Å²) >= 11 is 0. The van der Waals surface area contributed by atoms with Crippen molar-refractivity contribution in [1.82, 2.24) is 0 Å². The smallest absolute Gasteiger partial charge is 0.336 e. The van der Waals surface area contributed by atoms with Crippen molar-refractivity contribution < 1.29 is 18.7 Å². The first kappa shape index (κ1) is 24.1. The molecule has 5 heteroatoms. The Kier molecular flexibility index (Phi) is 7.81. The third-order valence-electron chi connectivity index (χ3n) is 7.28. The zero-order valence-corrected chi connectivity index (χ0v) is 20.0. The molecule has 1 heterocycles. The summed E-state index contributed by atoms with van der Waals surface area (Å²) in [7, 11) is 0. The summed E-state index contributed by atoms with van der Waals surface area (Å²) in [4.78, 5) is 23.6. The van der Waals surface area contributed by atoms with E-state index in [0.717, 1.165) is 31.1 Å². The molecule has 3 atom stereocenters. The van der Waals surface area contributed by atoms with Crippen molar-refractivity contribution in [2.45, 2.75) is 66.7 Å². The fourth-order valence-electron chi connectivity index (χ4n) is 5.16. The van der Waals surface area contributed by atoms with Crippen LogP contribution in [0.25, 0.3) is 11.0 Å². The summed E-state index contributed by atoms with van der Waals surface area (Å²) in [6.07, 6.45) is 4.38. The van der Waals surface area contributed by atoms with Gasteiger partial charge < -0.3 is 13.9 Å². The molecule has 0 unspecified atom stereocenters. The summed E-state index contributed by atoms with van der Waals surface area (Å²) in [6, 6.07) is 8.77. The van der Waals surface area contributed by atoms with Gasteiger partial charge in [-0.1, -0.05) is 25.0 Å². The highest BCUT2D eigenvalue weighted by atomic mass is 16.5. The standard InChI is InChI=1S/C27H36O5/c1-6-30-25(28)14-12-23-22(18(2)3)11-7-19(4)27(23,5)15-16-31-21-10-8-20-9-13-26(29)32-24(20)17-21/h8-10,13,17,19,23H,6-7,11-12,14-16H2,1-5H3/t19-,23-,27+/m0/s1. The molecule has 1 aromatic heterocycles. The molecular formula is C27H36O5. The Bertz CT molecular complexity index is 1030. The van der Waals surface area contributed by atoms with Gasteiger partial charge >= 0.3 is 11.6 Å². The van der Waals surface area contributed by atoms with Gasteiger partial charge in [-0.3, -0.25) is 4.79 Å². The second-order valence-electron chi connectivity index (χ2n) is 9.42. The van der Waals surface area contributed by atoms with Crippen molar-refractivity contribution in [2.24, 2.45) is 17.3 Å². The fraction of sp³-hybridized carbons (Fsp3) is 0.556. The zero-order chi connectivity index (χ0) is 23.3. The molecule has 0 amide bonds. The molecule has 5 nitrogen and oxygen atoms in total. The Morgan fingerprint density at radius 2 is 1.97 bits per heavy atom. The number of fused-ring (bicyclic) bond motifs is 1. The molecule has 1 aliphatic rings. The van der Waals surface area contributed by atoms with Gasteiger partial charge in [0.05, 0.1) is 13.2 Å². The second-order valence-corrected chi connectivity index (χ2v) is 9.42. The van der Waals surface area contributed by atoms with E-state index in [9.17, 15) is 9.59 Å². The van der Waals surface area contributed by atoms with Gasteiger partial charge in [-0.05, 0) is 81.9 Å². The average molecular weight is 441 g/mol. The van der Waals surface area contributed by atoms with E-state index >= 15 is 0 Å². The van der Waals surface area contributed by atoms with E-state index < -0.39 is 0 Å². The number of hydrogen-bond acceptors (Lipinski definition) is 5. The highest BCUT2D eigenvalue weighted by molar-refractivity contribution is 5.77. The maximum atomic E-state index is 12.1. The van der Waals surface area contributed by atoms with Gasteiger partial charge in [0, 0.05) is 23.9 Å². The SMILES string of the molecule is CCOC(=O)CC[C@H]1C(=C(C)C)CC[C@H](C)[C@@]1(C)CCOc1ccc2ccc(=O)oc2c1. The van der Waals surface area contributed by atoms with Gasteiger partial charge in [0.1, 0.15) is 11.3 Å². The molecule has 1 saturated carbocycles. The van der Waals surface area contributed by atoms with Gasteiger partial charge in [0.15, 0.2) is 0 Å². The maximum Gasteiger partial charge on any atom is 0.336 e. The van der Waals surface area contributed by atoms with Crippen LogP contribution in [0.1, 0.15) is 66.7 Å². The van der Waals surface area contributed by atoms with Gasteiger partial charge in [-0.2, -0.15) is 0 Å². The Labute approximate surface area is 190 Å². The van der Waals surface area contributed by atoms with Gasteiger partial charge in [0.25, 0.3) is 0 Å². The lowest BCUT2D eigenvalue weighted by Crippen LogP contribution is -2.41. The lowest BCUT2D eigenvalue weighted by Gasteiger charge is -2.48. The Morgan fingerprint density at radius 1 is 1.22 bits per heavy atom. The minimum Gasteiger partial charge on any atom is -0.493 e. The number of ether oxygens (including phenoxy) is 2. The molecule has 32 heavy (non-hydrogen) atoms. The summed E-state index contributed by atoms with van der Waals surface area (Å²) < 4.78 is 16.6. The minimum absolute atomic E-state index is 0.0285. The van der Waals surface area contributed by atoms with Crippen molar-refractivity contribution in [1.29, 1.82) is 0 Å². The number of carbonyl (C=O) groups excluding carboxylic acids is 1. The number of esters is 1. The largest absolute Gasteiger partial charge is 0.493 e. The van der Waals surface area contributed by atoms with Crippen molar-refractivity contribution >= 4 is 16.9 Å². The van der Waals surface area contributed by atoms with E-state index in [1.807, 2.05) is 19.1 Å². The summed E-state index contributed by atoms with van der Waals surface area (Å²) in [5.74, 6) is 1.44. The molecular weight excluding hydrogens is 404 g/mol. The van der Waals surface area contributed by atoms with Crippen molar-refractivity contribution in [3.63, 3.8) is 0 Å². The zero-order valence-electron chi connectivity index (χ0n) is 20.0. The van der Waals surface area contributed by atoms with E-state index in [4.69, 9.17) is 13.9 Å². The molecule has 0 bridgehead atoms. The van der Waals surface area contributed by atoms with Crippen LogP contribution in [0.4, 0.5) is 0 Å². The number of rotatable bonds is 8. The third kappa shape index (κ3) is 5.43. The van der Waals surface area contributed by atoms with Gasteiger partial charge in [-0.25, -0.2) is 4.79 Å². The molecule has 0 radical (unpaired) electrons. The van der Waals surface area contributed by atoms with Gasteiger partial charge in [-0.15, -0.1) is 0 Å². The summed E-state index contributed by atoms with van der Waals surface area (Å²) in [5.41, 5.74) is 3.05. The molecule has 1 fully saturated rings. The number of carbonyl (C=O) groups is 1. The quantitative estimate of drug-likeness (QED) is 0.274. The minimum atomic E-state index is -0.364. The Balaban J connectivity index is 1.75. The van der Waals surface area contributed by atoms with Crippen LogP contribution in [0.2, 0.25) is 0 Å². The normalized spacial score (nSPS) is 23.2. The van der Waals surface area contributed by atoms with Crippen LogP contribution in [0.3, 0.4) is 0 Å². The topological polar surface area (TPSA) is 65.7 Å². The molecule has 2 aromatic rings. The maximum absolute atomic E-state index is 12.1. The molecule has 3 rings (SSSR count). The van der Waals surface area contributed by atoms with E-state index in [1.165, 1.54) is 17.2 Å². The van der Waals surface area contributed by atoms with Gasteiger partial charge in [0.2, 0.25) is 0 Å².